The number of fused-ring (bicyclic) bond motifs is 1. The summed E-state index contributed by atoms with van der Waals surface area (Å²) < 4.78 is 30.2. The lowest BCUT2D eigenvalue weighted by Gasteiger charge is -2.32. The summed E-state index contributed by atoms with van der Waals surface area (Å²) in [6.45, 7) is 4.68. The summed E-state index contributed by atoms with van der Waals surface area (Å²) in [6, 6.07) is 17.7. The monoisotopic (exact) mass is 384 g/mol. The fourth-order valence-electron chi connectivity index (χ4n) is 4.42. The van der Waals surface area contributed by atoms with E-state index in [1.54, 1.807) is 0 Å². The van der Waals surface area contributed by atoms with Crippen LogP contribution in [0.2, 0.25) is 0 Å². The van der Waals surface area contributed by atoms with Gasteiger partial charge in [0, 0.05) is 11.1 Å². The van der Waals surface area contributed by atoms with E-state index in [2.05, 4.69) is 0 Å². The SMILES string of the molecule is CC1(C)O[C@@H]2[C@H](O1)[C@@H](c1ccccc1C1(c3ccccc3)OCCO1)O[C@H]2O. The second-order valence-corrected chi connectivity index (χ2v) is 7.78. The number of aliphatic hydroxyl groups is 1. The van der Waals surface area contributed by atoms with Crippen molar-refractivity contribution in [3.63, 3.8) is 0 Å². The van der Waals surface area contributed by atoms with E-state index in [-0.39, 0.29) is 0 Å². The molecule has 2 aromatic carbocycles. The molecular formula is C22H24O6. The van der Waals surface area contributed by atoms with Crippen molar-refractivity contribution in [1.29, 1.82) is 0 Å². The largest absolute Gasteiger partial charge is 0.366 e. The molecule has 0 bridgehead atoms. The zero-order valence-electron chi connectivity index (χ0n) is 15.9. The van der Waals surface area contributed by atoms with Gasteiger partial charge >= 0.3 is 0 Å². The summed E-state index contributed by atoms with van der Waals surface area (Å²) in [6.07, 6.45) is -2.50. The quantitative estimate of drug-likeness (QED) is 0.878. The van der Waals surface area contributed by atoms with Crippen LogP contribution >= 0.6 is 0 Å². The maximum Gasteiger partial charge on any atom is 0.222 e. The summed E-state index contributed by atoms with van der Waals surface area (Å²) in [5, 5.41) is 10.4. The molecule has 5 rings (SSSR count). The molecule has 3 heterocycles. The highest BCUT2D eigenvalue weighted by atomic mass is 16.8. The first kappa shape index (κ1) is 18.2. The van der Waals surface area contributed by atoms with Crippen molar-refractivity contribution in [1.82, 2.24) is 0 Å². The maximum absolute atomic E-state index is 10.4. The first-order valence-corrected chi connectivity index (χ1v) is 9.62. The second kappa shape index (κ2) is 6.62. The van der Waals surface area contributed by atoms with E-state index in [4.69, 9.17) is 23.7 Å². The molecule has 0 aliphatic carbocycles. The average Bonchev–Trinajstić information content (AvgIpc) is 3.38. The molecule has 0 amide bonds. The van der Waals surface area contributed by atoms with Crippen molar-refractivity contribution in [2.75, 3.05) is 13.2 Å². The predicted molar refractivity (Wildman–Crippen MR) is 99.2 cm³/mol. The van der Waals surface area contributed by atoms with Gasteiger partial charge in [-0.2, -0.15) is 0 Å². The normalized spacial score (nSPS) is 33.1. The summed E-state index contributed by atoms with van der Waals surface area (Å²) in [5.74, 6) is -1.79. The molecule has 148 valence electrons. The summed E-state index contributed by atoms with van der Waals surface area (Å²) >= 11 is 0. The van der Waals surface area contributed by atoms with Crippen LogP contribution in [0.15, 0.2) is 54.6 Å². The van der Waals surface area contributed by atoms with Crippen LogP contribution in [0.5, 0.6) is 0 Å². The Kier molecular flexibility index (Phi) is 4.32. The number of ether oxygens (including phenoxy) is 5. The minimum absolute atomic E-state index is 0.416. The molecule has 28 heavy (non-hydrogen) atoms. The van der Waals surface area contributed by atoms with E-state index < -0.39 is 36.2 Å². The highest BCUT2D eigenvalue weighted by molar-refractivity contribution is 5.42. The number of hydrogen-bond donors (Lipinski definition) is 1. The molecule has 3 aliphatic rings. The average molecular weight is 384 g/mol. The van der Waals surface area contributed by atoms with Crippen LogP contribution < -0.4 is 0 Å². The Balaban J connectivity index is 1.60. The van der Waals surface area contributed by atoms with E-state index in [0.717, 1.165) is 16.7 Å². The lowest BCUT2D eigenvalue weighted by Crippen LogP contribution is -2.32. The molecule has 3 saturated heterocycles. The van der Waals surface area contributed by atoms with E-state index in [1.165, 1.54) is 0 Å². The molecule has 1 N–H and O–H groups in total. The number of benzene rings is 2. The van der Waals surface area contributed by atoms with Gasteiger partial charge in [-0.1, -0.05) is 54.6 Å². The lowest BCUT2D eigenvalue weighted by atomic mass is 9.89. The maximum atomic E-state index is 10.4. The highest BCUT2D eigenvalue weighted by Gasteiger charge is 2.56. The smallest absolute Gasteiger partial charge is 0.222 e. The molecule has 4 atom stereocenters. The third-order valence-electron chi connectivity index (χ3n) is 5.50. The number of hydrogen-bond acceptors (Lipinski definition) is 6. The van der Waals surface area contributed by atoms with Crippen molar-refractivity contribution in [2.24, 2.45) is 0 Å². The van der Waals surface area contributed by atoms with Crippen molar-refractivity contribution >= 4 is 0 Å². The highest BCUT2D eigenvalue weighted by Crippen LogP contribution is 2.48. The Morgan fingerprint density at radius 2 is 1.50 bits per heavy atom. The third kappa shape index (κ3) is 2.80. The predicted octanol–water partition coefficient (Wildman–Crippen LogP) is 2.84. The topological polar surface area (TPSA) is 66.4 Å². The standard InChI is InChI=1S/C22H24O6/c1-21(2)27-18-17(26-20(23)19(18)28-21)15-10-6-7-11-16(15)22(24-12-13-25-22)14-8-4-3-5-9-14/h3-11,17-20,23H,12-13H2,1-2H3/t17-,18-,19-,20-/m1/s1. The van der Waals surface area contributed by atoms with Crippen molar-refractivity contribution < 1.29 is 28.8 Å². The Bertz CT molecular complexity index is 845. The minimum Gasteiger partial charge on any atom is -0.366 e. The van der Waals surface area contributed by atoms with Gasteiger partial charge in [0.25, 0.3) is 0 Å². The molecule has 0 radical (unpaired) electrons. The zero-order valence-corrected chi connectivity index (χ0v) is 15.9. The molecule has 0 aromatic heterocycles. The molecular weight excluding hydrogens is 360 g/mol. The number of rotatable bonds is 3. The van der Waals surface area contributed by atoms with E-state index >= 15 is 0 Å². The zero-order chi connectivity index (χ0) is 19.4. The molecule has 3 aliphatic heterocycles. The number of aliphatic hydroxyl groups excluding tert-OH is 1. The molecule has 0 saturated carbocycles. The fourth-order valence-corrected chi connectivity index (χ4v) is 4.42. The first-order valence-electron chi connectivity index (χ1n) is 9.62. The molecule has 0 unspecified atom stereocenters. The van der Waals surface area contributed by atoms with Crippen molar-refractivity contribution in [3.8, 4) is 0 Å². The molecule has 6 heteroatoms. The van der Waals surface area contributed by atoms with E-state index in [1.807, 2.05) is 68.4 Å². The van der Waals surface area contributed by atoms with Crippen LogP contribution in [0, 0.1) is 0 Å². The Labute approximate surface area is 163 Å². The van der Waals surface area contributed by atoms with Gasteiger partial charge in [0.2, 0.25) is 5.79 Å². The van der Waals surface area contributed by atoms with Crippen LogP contribution in [-0.2, 0) is 29.5 Å². The van der Waals surface area contributed by atoms with Gasteiger partial charge < -0.3 is 28.8 Å². The Hall–Kier alpha value is -1.80. The molecule has 6 nitrogen and oxygen atoms in total. The molecule has 3 fully saturated rings. The minimum atomic E-state index is -1.05. The summed E-state index contributed by atoms with van der Waals surface area (Å²) in [5.41, 5.74) is 2.63. The first-order chi connectivity index (χ1) is 13.5. The van der Waals surface area contributed by atoms with Gasteiger partial charge in [0.15, 0.2) is 12.1 Å². The Morgan fingerprint density at radius 1 is 0.857 bits per heavy atom. The van der Waals surface area contributed by atoms with Crippen molar-refractivity contribution in [2.45, 2.75) is 50.0 Å². The summed E-state index contributed by atoms with van der Waals surface area (Å²) in [4.78, 5) is 0. The van der Waals surface area contributed by atoms with Gasteiger partial charge in [0.05, 0.1) is 13.2 Å². The second-order valence-electron chi connectivity index (χ2n) is 7.78. The summed E-state index contributed by atoms with van der Waals surface area (Å²) in [7, 11) is 0. The van der Waals surface area contributed by atoms with Crippen LogP contribution in [0.1, 0.15) is 36.6 Å². The van der Waals surface area contributed by atoms with Crippen LogP contribution in [-0.4, -0.2) is 42.6 Å². The van der Waals surface area contributed by atoms with Gasteiger partial charge in [-0.05, 0) is 19.4 Å². The van der Waals surface area contributed by atoms with Crippen LogP contribution in [0.4, 0.5) is 0 Å². The molecule has 0 spiro atoms. The van der Waals surface area contributed by atoms with Gasteiger partial charge in [-0.3, -0.25) is 0 Å². The molecule has 2 aromatic rings. The van der Waals surface area contributed by atoms with Crippen LogP contribution in [0.25, 0.3) is 0 Å². The van der Waals surface area contributed by atoms with Gasteiger partial charge in [-0.15, -0.1) is 0 Å². The van der Waals surface area contributed by atoms with E-state index in [0.29, 0.717) is 13.2 Å². The van der Waals surface area contributed by atoms with Gasteiger partial charge in [0.1, 0.15) is 18.3 Å². The van der Waals surface area contributed by atoms with E-state index in [9.17, 15) is 5.11 Å². The lowest BCUT2D eigenvalue weighted by molar-refractivity contribution is -0.221. The van der Waals surface area contributed by atoms with Crippen molar-refractivity contribution in [3.05, 3.63) is 71.3 Å². The third-order valence-corrected chi connectivity index (χ3v) is 5.50. The fraction of sp³-hybridized carbons (Fsp3) is 0.455. The Morgan fingerprint density at radius 3 is 2.25 bits per heavy atom. The van der Waals surface area contributed by atoms with Crippen LogP contribution in [0.3, 0.4) is 0 Å². The van der Waals surface area contributed by atoms with Gasteiger partial charge in [-0.25, -0.2) is 0 Å².